The third-order valence-corrected chi connectivity index (χ3v) is 5.91. The van der Waals surface area contributed by atoms with Crippen molar-refractivity contribution in [2.45, 2.75) is 37.8 Å². The number of hydrogen-bond acceptors (Lipinski definition) is 6. The molecule has 0 aromatic heterocycles. The van der Waals surface area contributed by atoms with Crippen LogP contribution in [0.25, 0.3) is 0 Å². The molecule has 158 valence electrons. The van der Waals surface area contributed by atoms with Gasteiger partial charge in [-0.15, -0.1) is 0 Å². The van der Waals surface area contributed by atoms with Crippen LogP contribution in [-0.2, 0) is 14.4 Å². The Balaban J connectivity index is 1.93. The van der Waals surface area contributed by atoms with Crippen molar-refractivity contribution in [1.29, 1.82) is 0 Å². The van der Waals surface area contributed by atoms with Gasteiger partial charge >= 0.3 is 0 Å². The van der Waals surface area contributed by atoms with Gasteiger partial charge in [-0.05, 0) is 45.5 Å². The highest BCUT2D eigenvalue weighted by Gasteiger charge is 2.34. The van der Waals surface area contributed by atoms with Crippen LogP contribution in [0, 0.1) is 0 Å². The SMILES string of the molecule is CN(C)c1c(N2CCC(N(C)C)CC2)cccc1N(C=O)C1CCC(=O)NC1=O. The first-order chi connectivity index (χ1) is 13.8. The Morgan fingerprint density at radius 1 is 1.07 bits per heavy atom. The predicted octanol–water partition coefficient (Wildman–Crippen LogP) is 1.05. The molecule has 3 rings (SSSR count). The molecule has 2 saturated heterocycles. The summed E-state index contributed by atoms with van der Waals surface area (Å²) in [6.07, 6.45) is 3.41. The zero-order valence-electron chi connectivity index (χ0n) is 17.7. The van der Waals surface area contributed by atoms with Gasteiger partial charge < -0.3 is 19.6 Å². The van der Waals surface area contributed by atoms with Crippen molar-refractivity contribution < 1.29 is 14.4 Å². The molecule has 0 radical (unpaired) electrons. The lowest BCUT2D eigenvalue weighted by Gasteiger charge is -2.39. The van der Waals surface area contributed by atoms with E-state index in [2.05, 4.69) is 35.3 Å². The summed E-state index contributed by atoms with van der Waals surface area (Å²) in [7, 11) is 8.13. The predicted molar refractivity (Wildman–Crippen MR) is 114 cm³/mol. The molecule has 29 heavy (non-hydrogen) atoms. The monoisotopic (exact) mass is 401 g/mol. The average Bonchev–Trinajstić information content (AvgIpc) is 2.69. The lowest BCUT2D eigenvalue weighted by atomic mass is 10.0. The van der Waals surface area contributed by atoms with Gasteiger partial charge in [0.1, 0.15) is 6.04 Å². The van der Waals surface area contributed by atoms with E-state index in [0.29, 0.717) is 24.6 Å². The molecule has 0 spiro atoms. The van der Waals surface area contributed by atoms with Crippen molar-refractivity contribution in [2.75, 3.05) is 56.0 Å². The van der Waals surface area contributed by atoms with Crippen LogP contribution in [0.3, 0.4) is 0 Å². The maximum Gasteiger partial charge on any atom is 0.249 e. The Morgan fingerprint density at radius 3 is 2.31 bits per heavy atom. The molecule has 1 N–H and O–H groups in total. The first-order valence-electron chi connectivity index (χ1n) is 10.1. The molecule has 8 heteroatoms. The van der Waals surface area contributed by atoms with Crippen LogP contribution in [0.5, 0.6) is 0 Å². The normalized spacial score (nSPS) is 20.6. The molecule has 0 aliphatic carbocycles. The lowest BCUT2D eigenvalue weighted by molar-refractivity contribution is -0.134. The van der Waals surface area contributed by atoms with Crippen molar-refractivity contribution in [1.82, 2.24) is 10.2 Å². The number of para-hydroxylation sites is 1. The van der Waals surface area contributed by atoms with Gasteiger partial charge in [-0.2, -0.15) is 0 Å². The lowest BCUT2D eigenvalue weighted by Crippen LogP contribution is -2.52. The van der Waals surface area contributed by atoms with Crippen molar-refractivity contribution >= 4 is 35.3 Å². The number of nitrogens with one attached hydrogen (secondary N) is 1. The Bertz CT molecular complexity index is 772. The minimum absolute atomic E-state index is 0.232. The van der Waals surface area contributed by atoms with E-state index < -0.39 is 11.9 Å². The highest BCUT2D eigenvalue weighted by Crippen LogP contribution is 2.40. The second-order valence-corrected chi connectivity index (χ2v) is 8.20. The van der Waals surface area contributed by atoms with Gasteiger partial charge in [-0.3, -0.25) is 19.7 Å². The Hall–Kier alpha value is -2.61. The number of imide groups is 1. The number of carbonyl (C=O) groups excluding carboxylic acids is 3. The summed E-state index contributed by atoms with van der Waals surface area (Å²) in [5.41, 5.74) is 2.66. The molecule has 2 aliphatic heterocycles. The maximum absolute atomic E-state index is 12.4. The molecule has 0 bridgehead atoms. The van der Waals surface area contributed by atoms with Crippen LogP contribution >= 0.6 is 0 Å². The fourth-order valence-electron chi connectivity index (χ4n) is 4.31. The number of carbonyl (C=O) groups is 3. The van der Waals surface area contributed by atoms with E-state index >= 15 is 0 Å². The number of nitrogens with zero attached hydrogens (tertiary/aromatic N) is 4. The van der Waals surface area contributed by atoms with Gasteiger partial charge in [-0.1, -0.05) is 6.07 Å². The van der Waals surface area contributed by atoms with E-state index in [1.165, 1.54) is 4.90 Å². The van der Waals surface area contributed by atoms with Gasteiger partial charge in [0.15, 0.2) is 0 Å². The van der Waals surface area contributed by atoms with E-state index in [4.69, 9.17) is 0 Å². The second-order valence-electron chi connectivity index (χ2n) is 8.20. The second kappa shape index (κ2) is 8.82. The van der Waals surface area contributed by atoms with Crippen LogP contribution < -0.4 is 20.0 Å². The van der Waals surface area contributed by atoms with Crippen LogP contribution in [0.2, 0.25) is 0 Å². The molecule has 1 atom stereocenters. The molecule has 1 aromatic carbocycles. The average molecular weight is 402 g/mol. The molecule has 0 saturated carbocycles. The van der Waals surface area contributed by atoms with Crippen molar-refractivity contribution in [3.05, 3.63) is 18.2 Å². The first kappa shape index (κ1) is 21.1. The van der Waals surface area contributed by atoms with Crippen molar-refractivity contribution in [3.8, 4) is 0 Å². The Morgan fingerprint density at radius 2 is 1.76 bits per heavy atom. The number of rotatable bonds is 6. The van der Waals surface area contributed by atoms with Gasteiger partial charge in [0.25, 0.3) is 0 Å². The summed E-state index contributed by atoms with van der Waals surface area (Å²) >= 11 is 0. The van der Waals surface area contributed by atoms with Crippen molar-refractivity contribution in [2.24, 2.45) is 0 Å². The largest absolute Gasteiger partial charge is 0.374 e. The molecule has 3 amide bonds. The van der Waals surface area contributed by atoms with Crippen LogP contribution in [-0.4, -0.2) is 76.5 Å². The van der Waals surface area contributed by atoms with Gasteiger partial charge in [0.2, 0.25) is 18.2 Å². The molecular weight excluding hydrogens is 370 g/mol. The number of piperidine rings is 2. The number of anilines is 3. The van der Waals surface area contributed by atoms with Gasteiger partial charge in [0, 0.05) is 39.6 Å². The third-order valence-electron chi connectivity index (χ3n) is 5.91. The molecule has 1 aromatic rings. The van der Waals surface area contributed by atoms with Gasteiger partial charge in [-0.25, -0.2) is 0 Å². The maximum atomic E-state index is 12.4. The molecule has 8 nitrogen and oxygen atoms in total. The van der Waals surface area contributed by atoms with E-state index in [1.54, 1.807) is 0 Å². The third kappa shape index (κ3) is 4.37. The topological polar surface area (TPSA) is 76.2 Å². The summed E-state index contributed by atoms with van der Waals surface area (Å²) in [6, 6.07) is 5.76. The summed E-state index contributed by atoms with van der Waals surface area (Å²) in [4.78, 5) is 44.0. The standard InChI is InChI=1S/C21H31N5O3/c1-23(2)15-10-12-25(13-11-15)16-6-5-7-17(20(16)24(3)4)26(14-27)18-8-9-19(28)22-21(18)29/h5-7,14-15,18H,8-13H2,1-4H3,(H,22,28,29). The number of amides is 3. The fraction of sp³-hybridized carbons (Fsp3) is 0.571. The van der Waals surface area contributed by atoms with Crippen LogP contribution in [0.4, 0.5) is 17.1 Å². The van der Waals surface area contributed by atoms with Crippen LogP contribution in [0.15, 0.2) is 18.2 Å². The number of hydrogen-bond donors (Lipinski definition) is 1. The highest BCUT2D eigenvalue weighted by molar-refractivity contribution is 6.05. The Kier molecular flexibility index (Phi) is 6.42. The quantitative estimate of drug-likeness (QED) is 0.567. The smallest absolute Gasteiger partial charge is 0.249 e. The molecular formula is C21H31N5O3. The van der Waals surface area contributed by atoms with E-state index in [1.807, 2.05) is 31.1 Å². The zero-order chi connectivity index (χ0) is 21.1. The first-order valence-corrected chi connectivity index (χ1v) is 10.1. The van der Waals surface area contributed by atoms with Crippen molar-refractivity contribution in [3.63, 3.8) is 0 Å². The fourth-order valence-corrected chi connectivity index (χ4v) is 4.31. The van der Waals surface area contributed by atoms with Gasteiger partial charge in [0.05, 0.1) is 17.1 Å². The minimum Gasteiger partial charge on any atom is -0.374 e. The summed E-state index contributed by atoms with van der Waals surface area (Å²) in [5, 5.41) is 2.35. The minimum atomic E-state index is -0.682. The summed E-state index contributed by atoms with van der Waals surface area (Å²) in [6.45, 7) is 1.87. The molecule has 2 fully saturated rings. The number of benzene rings is 1. The van der Waals surface area contributed by atoms with Crippen LogP contribution in [0.1, 0.15) is 25.7 Å². The summed E-state index contributed by atoms with van der Waals surface area (Å²) in [5.74, 6) is -0.710. The Labute approximate surface area is 172 Å². The molecule has 1 unspecified atom stereocenters. The van der Waals surface area contributed by atoms with E-state index in [0.717, 1.165) is 37.3 Å². The van der Waals surface area contributed by atoms with E-state index in [9.17, 15) is 14.4 Å². The molecule has 2 aliphatic rings. The zero-order valence-corrected chi connectivity index (χ0v) is 17.7. The van der Waals surface area contributed by atoms with E-state index in [-0.39, 0.29) is 12.3 Å². The summed E-state index contributed by atoms with van der Waals surface area (Å²) < 4.78 is 0. The highest BCUT2D eigenvalue weighted by atomic mass is 16.2. The molecule has 2 heterocycles.